The van der Waals surface area contributed by atoms with E-state index in [-0.39, 0.29) is 11.4 Å². The standard InChI is InChI=1S/C15H23NO2/c1-15(2,3)10-12-18-14(17)9-11-16-13-7-5-4-6-8-13/h4-8,16H,9-12H2,1-3H3. The van der Waals surface area contributed by atoms with Crippen LogP contribution in [0, 0.1) is 5.41 Å². The van der Waals surface area contributed by atoms with Crippen LogP contribution in [-0.4, -0.2) is 19.1 Å². The lowest BCUT2D eigenvalue weighted by atomic mass is 9.93. The van der Waals surface area contributed by atoms with Gasteiger partial charge < -0.3 is 10.1 Å². The van der Waals surface area contributed by atoms with Crippen molar-refractivity contribution in [2.75, 3.05) is 18.5 Å². The van der Waals surface area contributed by atoms with Crippen LogP contribution in [0.25, 0.3) is 0 Å². The summed E-state index contributed by atoms with van der Waals surface area (Å²) in [5.41, 5.74) is 1.24. The van der Waals surface area contributed by atoms with Crippen LogP contribution in [0.15, 0.2) is 30.3 Å². The Labute approximate surface area is 110 Å². The zero-order chi connectivity index (χ0) is 13.4. The molecule has 0 aliphatic heterocycles. The van der Waals surface area contributed by atoms with Crippen molar-refractivity contribution in [3.8, 4) is 0 Å². The Morgan fingerprint density at radius 2 is 1.89 bits per heavy atom. The summed E-state index contributed by atoms with van der Waals surface area (Å²) in [6.45, 7) is 7.53. The lowest BCUT2D eigenvalue weighted by Crippen LogP contribution is -2.15. The highest BCUT2D eigenvalue weighted by Gasteiger charge is 2.11. The summed E-state index contributed by atoms with van der Waals surface area (Å²) < 4.78 is 5.18. The second-order valence-corrected chi connectivity index (χ2v) is 5.57. The van der Waals surface area contributed by atoms with Crippen LogP contribution in [0.3, 0.4) is 0 Å². The van der Waals surface area contributed by atoms with Gasteiger partial charge in [-0.2, -0.15) is 0 Å². The van der Waals surface area contributed by atoms with Crippen molar-refractivity contribution in [3.63, 3.8) is 0 Å². The highest BCUT2D eigenvalue weighted by molar-refractivity contribution is 5.70. The minimum Gasteiger partial charge on any atom is -0.466 e. The van der Waals surface area contributed by atoms with E-state index in [2.05, 4.69) is 26.1 Å². The van der Waals surface area contributed by atoms with Gasteiger partial charge in [-0.3, -0.25) is 4.79 Å². The third-order valence-electron chi connectivity index (χ3n) is 2.55. The first-order chi connectivity index (χ1) is 8.47. The Hall–Kier alpha value is -1.51. The van der Waals surface area contributed by atoms with Gasteiger partial charge in [0.05, 0.1) is 13.0 Å². The van der Waals surface area contributed by atoms with Crippen molar-refractivity contribution in [1.82, 2.24) is 0 Å². The fourth-order valence-corrected chi connectivity index (χ4v) is 1.41. The third kappa shape index (κ3) is 6.94. The molecule has 0 saturated carbocycles. The van der Waals surface area contributed by atoms with E-state index < -0.39 is 0 Å². The van der Waals surface area contributed by atoms with Gasteiger partial charge in [0.2, 0.25) is 0 Å². The van der Waals surface area contributed by atoms with Crippen LogP contribution >= 0.6 is 0 Å². The predicted molar refractivity (Wildman–Crippen MR) is 74.6 cm³/mol. The number of nitrogens with one attached hydrogen (secondary N) is 1. The molecule has 0 atom stereocenters. The summed E-state index contributed by atoms with van der Waals surface area (Å²) in [7, 11) is 0. The van der Waals surface area contributed by atoms with Gasteiger partial charge in [-0.05, 0) is 24.0 Å². The van der Waals surface area contributed by atoms with Crippen LogP contribution in [0.1, 0.15) is 33.6 Å². The van der Waals surface area contributed by atoms with Crippen molar-refractivity contribution in [2.45, 2.75) is 33.6 Å². The fourth-order valence-electron chi connectivity index (χ4n) is 1.41. The highest BCUT2D eigenvalue weighted by Crippen LogP contribution is 2.17. The Morgan fingerprint density at radius 1 is 1.22 bits per heavy atom. The average Bonchev–Trinajstić information content (AvgIpc) is 2.28. The van der Waals surface area contributed by atoms with Gasteiger partial charge in [0.1, 0.15) is 0 Å². The molecule has 0 unspecified atom stereocenters. The predicted octanol–water partition coefficient (Wildman–Crippen LogP) is 3.47. The van der Waals surface area contributed by atoms with Gasteiger partial charge in [0.25, 0.3) is 0 Å². The molecule has 0 saturated heterocycles. The number of para-hydroxylation sites is 1. The average molecular weight is 249 g/mol. The summed E-state index contributed by atoms with van der Waals surface area (Å²) in [4.78, 5) is 11.5. The second kappa shape index (κ2) is 7.04. The zero-order valence-corrected chi connectivity index (χ0v) is 11.5. The number of carbonyl (C=O) groups is 1. The molecule has 18 heavy (non-hydrogen) atoms. The maximum Gasteiger partial charge on any atom is 0.307 e. The molecule has 0 bridgehead atoms. The van der Waals surface area contributed by atoms with E-state index in [4.69, 9.17) is 4.74 Å². The van der Waals surface area contributed by atoms with E-state index in [1.54, 1.807) is 0 Å². The number of anilines is 1. The number of rotatable bonds is 6. The largest absolute Gasteiger partial charge is 0.466 e. The van der Waals surface area contributed by atoms with Gasteiger partial charge in [-0.25, -0.2) is 0 Å². The molecule has 0 amide bonds. The Balaban J connectivity index is 2.11. The molecule has 1 rings (SSSR count). The first-order valence-electron chi connectivity index (χ1n) is 6.42. The number of hydrogen-bond acceptors (Lipinski definition) is 3. The number of ether oxygens (including phenoxy) is 1. The molecule has 0 aromatic heterocycles. The van der Waals surface area contributed by atoms with E-state index in [9.17, 15) is 4.79 Å². The summed E-state index contributed by atoms with van der Waals surface area (Å²) in [6, 6.07) is 9.84. The molecule has 0 aliphatic rings. The Bertz CT molecular complexity index is 355. The van der Waals surface area contributed by atoms with Crippen LogP contribution in [0.5, 0.6) is 0 Å². The lowest BCUT2D eigenvalue weighted by molar-refractivity contribution is -0.143. The van der Waals surface area contributed by atoms with Gasteiger partial charge >= 0.3 is 5.97 Å². The van der Waals surface area contributed by atoms with Gasteiger partial charge in [-0.1, -0.05) is 39.0 Å². The van der Waals surface area contributed by atoms with Crippen molar-refractivity contribution in [3.05, 3.63) is 30.3 Å². The van der Waals surface area contributed by atoms with Gasteiger partial charge in [0.15, 0.2) is 0 Å². The molecule has 1 aromatic rings. The molecule has 0 aliphatic carbocycles. The lowest BCUT2D eigenvalue weighted by Gasteiger charge is -2.17. The minimum atomic E-state index is -0.136. The maximum absolute atomic E-state index is 11.5. The third-order valence-corrected chi connectivity index (χ3v) is 2.55. The molecular weight excluding hydrogens is 226 g/mol. The number of benzene rings is 1. The summed E-state index contributed by atoms with van der Waals surface area (Å²) in [6.07, 6.45) is 1.30. The van der Waals surface area contributed by atoms with E-state index in [0.717, 1.165) is 12.1 Å². The number of esters is 1. The Morgan fingerprint density at radius 3 is 2.50 bits per heavy atom. The van der Waals surface area contributed by atoms with Crippen LogP contribution in [0.4, 0.5) is 5.69 Å². The zero-order valence-electron chi connectivity index (χ0n) is 11.5. The van der Waals surface area contributed by atoms with Gasteiger partial charge in [-0.15, -0.1) is 0 Å². The monoisotopic (exact) mass is 249 g/mol. The van der Waals surface area contributed by atoms with Crippen LogP contribution in [-0.2, 0) is 9.53 Å². The summed E-state index contributed by atoms with van der Waals surface area (Å²) >= 11 is 0. The molecule has 0 fully saturated rings. The topological polar surface area (TPSA) is 38.3 Å². The number of carbonyl (C=O) groups excluding carboxylic acids is 1. The molecule has 0 radical (unpaired) electrons. The van der Waals surface area contributed by atoms with E-state index >= 15 is 0 Å². The smallest absolute Gasteiger partial charge is 0.307 e. The molecule has 1 N–H and O–H groups in total. The molecule has 0 heterocycles. The Kier molecular flexibility index (Phi) is 5.69. The summed E-state index contributed by atoms with van der Waals surface area (Å²) in [5.74, 6) is -0.136. The molecule has 1 aromatic carbocycles. The second-order valence-electron chi connectivity index (χ2n) is 5.57. The summed E-state index contributed by atoms with van der Waals surface area (Å²) in [5, 5.41) is 3.18. The minimum absolute atomic E-state index is 0.136. The maximum atomic E-state index is 11.5. The van der Waals surface area contributed by atoms with E-state index in [1.165, 1.54) is 0 Å². The molecule has 3 heteroatoms. The molecule has 100 valence electrons. The molecule has 0 spiro atoms. The van der Waals surface area contributed by atoms with Crippen LogP contribution < -0.4 is 5.32 Å². The molecule has 3 nitrogen and oxygen atoms in total. The van der Waals surface area contributed by atoms with Crippen molar-refractivity contribution in [2.24, 2.45) is 5.41 Å². The first kappa shape index (κ1) is 14.6. The number of hydrogen-bond donors (Lipinski definition) is 1. The van der Waals surface area contributed by atoms with E-state index in [0.29, 0.717) is 19.6 Å². The van der Waals surface area contributed by atoms with Crippen molar-refractivity contribution >= 4 is 11.7 Å². The van der Waals surface area contributed by atoms with Crippen LogP contribution in [0.2, 0.25) is 0 Å². The first-order valence-corrected chi connectivity index (χ1v) is 6.42. The SMILES string of the molecule is CC(C)(C)CCOC(=O)CCNc1ccccc1. The highest BCUT2D eigenvalue weighted by atomic mass is 16.5. The van der Waals surface area contributed by atoms with Crippen molar-refractivity contribution in [1.29, 1.82) is 0 Å². The normalized spacial score (nSPS) is 11.1. The molecular formula is C15H23NO2. The van der Waals surface area contributed by atoms with Crippen molar-refractivity contribution < 1.29 is 9.53 Å². The van der Waals surface area contributed by atoms with E-state index in [1.807, 2.05) is 30.3 Å². The fraction of sp³-hybridized carbons (Fsp3) is 0.533. The van der Waals surface area contributed by atoms with Gasteiger partial charge in [0, 0.05) is 12.2 Å². The quantitative estimate of drug-likeness (QED) is 0.784.